The predicted octanol–water partition coefficient (Wildman–Crippen LogP) is 2.20. The van der Waals surface area contributed by atoms with Gasteiger partial charge in [-0.1, -0.05) is 27.7 Å². The molecule has 1 aliphatic rings. The second-order valence-corrected chi connectivity index (χ2v) is 6.86. The molecule has 1 saturated heterocycles. The first-order valence-electron chi connectivity index (χ1n) is 6.82. The van der Waals surface area contributed by atoms with Crippen LogP contribution in [-0.4, -0.2) is 38.8 Å². The molecule has 0 bridgehead atoms. The fraction of sp³-hybridized carbons (Fsp3) is 0.923. The van der Waals surface area contributed by atoms with Gasteiger partial charge in [0.25, 0.3) is 5.91 Å². The number of carbonyl (C=O) groups excluding carboxylic acids is 1. The zero-order chi connectivity index (χ0) is 14.6. The first kappa shape index (κ1) is 16.6. The van der Waals surface area contributed by atoms with Crippen LogP contribution in [0.3, 0.4) is 0 Å². The number of carbonyl (C=O) groups is 1. The van der Waals surface area contributed by atoms with Crippen molar-refractivity contribution in [3.63, 3.8) is 0 Å². The maximum absolute atomic E-state index is 12.4. The highest BCUT2D eigenvalue weighted by atomic mass is 32.2. The molecule has 0 saturated carbocycles. The molecule has 3 atom stereocenters. The van der Waals surface area contributed by atoms with Crippen LogP contribution >= 0.6 is 0 Å². The Bertz CT molecular complexity index is 346. The van der Waals surface area contributed by atoms with E-state index in [0.29, 0.717) is 25.4 Å². The third-order valence-corrected chi connectivity index (χ3v) is 3.97. The van der Waals surface area contributed by atoms with Crippen molar-refractivity contribution >= 4 is 17.3 Å². The van der Waals surface area contributed by atoms with Crippen LogP contribution < -0.4 is 0 Å². The summed E-state index contributed by atoms with van der Waals surface area (Å²) in [5, 5.41) is 0. The molecule has 19 heavy (non-hydrogen) atoms. The summed E-state index contributed by atoms with van der Waals surface area (Å²) in [7, 11) is 0. The van der Waals surface area contributed by atoms with Gasteiger partial charge < -0.3 is 4.90 Å². The van der Waals surface area contributed by atoms with Gasteiger partial charge in [0.2, 0.25) is 0 Å². The highest BCUT2D eigenvalue weighted by molar-refractivity contribution is 7.74. The summed E-state index contributed by atoms with van der Waals surface area (Å²) < 4.78 is 24.3. The minimum absolute atomic E-state index is 0.0717. The summed E-state index contributed by atoms with van der Waals surface area (Å²) in [5.41, 5.74) is 0.0717. The lowest BCUT2D eigenvalue weighted by Crippen LogP contribution is -2.44. The Balaban J connectivity index is 2.76. The van der Waals surface area contributed by atoms with E-state index in [0.717, 1.165) is 12.8 Å². The smallest absolute Gasteiger partial charge is 0.302 e. The molecule has 0 aliphatic carbocycles. The lowest BCUT2D eigenvalue weighted by atomic mass is 9.83. The van der Waals surface area contributed by atoms with Crippen molar-refractivity contribution in [2.45, 2.75) is 53.1 Å². The van der Waals surface area contributed by atoms with Crippen LogP contribution in [0.1, 0.15) is 47.0 Å². The molecular weight excluding hydrogens is 266 g/mol. The predicted molar refractivity (Wildman–Crippen MR) is 74.7 cm³/mol. The van der Waals surface area contributed by atoms with Gasteiger partial charge in [0.05, 0.1) is 0 Å². The van der Waals surface area contributed by atoms with Crippen molar-refractivity contribution < 1.29 is 17.7 Å². The maximum Gasteiger partial charge on any atom is 0.302 e. The molecular formula is C13H25NO4S. The van der Waals surface area contributed by atoms with E-state index in [4.69, 9.17) is 8.74 Å². The van der Waals surface area contributed by atoms with E-state index in [1.165, 1.54) is 0 Å². The van der Waals surface area contributed by atoms with E-state index in [1.807, 2.05) is 0 Å². The van der Waals surface area contributed by atoms with Crippen LogP contribution in [-0.2, 0) is 20.3 Å². The van der Waals surface area contributed by atoms with Gasteiger partial charge in [-0.3, -0.25) is 13.5 Å². The Labute approximate surface area is 118 Å². The Hall–Kier alpha value is -0.460. The summed E-state index contributed by atoms with van der Waals surface area (Å²) in [4.78, 5) is 14.1. The Kier molecular flexibility index (Phi) is 5.95. The van der Waals surface area contributed by atoms with Crippen LogP contribution in [0, 0.1) is 11.3 Å². The standard InChI is InChI=1S/C13H25NO4S/c1-5-11(18-19(16)17)12(15)14-7-6-10(2)8-13(3,4)9-14/h10-11H,5-9H2,1-4H3,(H,16,17). The van der Waals surface area contributed by atoms with E-state index in [1.54, 1.807) is 11.8 Å². The number of hydrogen-bond acceptors (Lipinski definition) is 3. The Morgan fingerprint density at radius 3 is 2.74 bits per heavy atom. The molecule has 1 rings (SSSR count). The average molecular weight is 291 g/mol. The number of hydrogen-bond donors (Lipinski definition) is 1. The zero-order valence-corrected chi connectivity index (χ0v) is 13.0. The lowest BCUT2D eigenvalue weighted by molar-refractivity contribution is -0.139. The first-order valence-corrected chi connectivity index (χ1v) is 7.85. The minimum Gasteiger partial charge on any atom is -0.340 e. The van der Waals surface area contributed by atoms with Gasteiger partial charge in [0.1, 0.15) is 0 Å². The molecule has 1 N–H and O–H groups in total. The SMILES string of the molecule is CCC(OS(=O)O)C(=O)N1CCC(C)CC(C)(C)C1. The van der Waals surface area contributed by atoms with Crippen molar-refractivity contribution in [1.82, 2.24) is 4.90 Å². The van der Waals surface area contributed by atoms with Gasteiger partial charge in [0, 0.05) is 13.1 Å². The Morgan fingerprint density at radius 2 is 2.21 bits per heavy atom. The fourth-order valence-corrected chi connectivity index (χ4v) is 3.27. The van der Waals surface area contributed by atoms with Crippen molar-refractivity contribution in [2.24, 2.45) is 11.3 Å². The monoisotopic (exact) mass is 291 g/mol. The third-order valence-electron chi connectivity index (χ3n) is 3.57. The van der Waals surface area contributed by atoms with Crippen LogP contribution in [0.2, 0.25) is 0 Å². The molecule has 3 unspecified atom stereocenters. The van der Waals surface area contributed by atoms with Crippen LogP contribution in [0.4, 0.5) is 0 Å². The average Bonchev–Trinajstić information content (AvgIpc) is 2.42. The van der Waals surface area contributed by atoms with Gasteiger partial charge in [-0.15, -0.1) is 0 Å². The number of likely N-dealkylation sites (tertiary alicyclic amines) is 1. The summed E-state index contributed by atoms with van der Waals surface area (Å²) in [6, 6.07) is 0. The van der Waals surface area contributed by atoms with E-state index < -0.39 is 17.5 Å². The van der Waals surface area contributed by atoms with Gasteiger partial charge in [0.15, 0.2) is 6.10 Å². The molecule has 1 fully saturated rings. The molecule has 0 radical (unpaired) electrons. The summed E-state index contributed by atoms with van der Waals surface area (Å²) in [6.07, 6.45) is 1.63. The van der Waals surface area contributed by atoms with Crippen molar-refractivity contribution in [2.75, 3.05) is 13.1 Å². The summed E-state index contributed by atoms with van der Waals surface area (Å²) in [5.74, 6) is 0.410. The Morgan fingerprint density at radius 1 is 1.58 bits per heavy atom. The molecule has 0 aromatic rings. The summed E-state index contributed by atoms with van der Waals surface area (Å²) >= 11 is -2.40. The maximum atomic E-state index is 12.4. The minimum atomic E-state index is -2.40. The zero-order valence-electron chi connectivity index (χ0n) is 12.2. The van der Waals surface area contributed by atoms with Gasteiger partial charge in [-0.2, -0.15) is 4.21 Å². The molecule has 112 valence electrons. The second kappa shape index (κ2) is 6.81. The lowest BCUT2D eigenvalue weighted by Gasteiger charge is -2.31. The summed E-state index contributed by atoms with van der Waals surface area (Å²) in [6.45, 7) is 9.66. The molecule has 1 amide bonds. The highest BCUT2D eigenvalue weighted by Crippen LogP contribution is 2.32. The normalized spacial score (nSPS) is 26.6. The molecule has 0 aromatic heterocycles. The molecule has 0 spiro atoms. The molecule has 6 heteroatoms. The molecule has 0 aromatic carbocycles. The quantitative estimate of drug-likeness (QED) is 0.806. The molecule has 1 aliphatic heterocycles. The topological polar surface area (TPSA) is 66.8 Å². The molecule has 1 heterocycles. The van der Waals surface area contributed by atoms with Gasteiger partial charge in [-0.05, 0) is 30.6 Å². The van der Waals surface area contributed by atoms with Gasteiger partial charge >= 0.3 is 11.4 Å². The van der Waals surface area contributed by atoms with Crippen molar-refractivity contribution in [1.29, 1.82) is 0 Å². The van der Waals surface area contributed by atoms with Crippen LogP contribution in [0.15, 0.2) is 0 Å². The van der Waals surface area contributed by atoms with E-state index >= 15 is 0 Å². The molecule has 5 nitrogen and oxygen atoms in total. The third kappa shape index (κ3) is 5.20. The van der Waals surface area contributed by atoms with E-state index in [2.05, 4.69) is 20.8 Å². The second-order valence-electron chi connectivity index (χ2n) is 6.23. The van der Waals surface area contributed by atoms with E-state index in [9.17, 15) is 9.00 Å². The largest absolute Gasteiger partial charge is 0.340 e. The number of nitrogens with zero attached hydrogens (tertiary/aromatic N) is 1. The number of rotatable bonds is 4. The highest BCUT2D eigenvalue weighted by Gasteiger charge is 2.33. The van der Waals surface area contributed by atoms with Crippen LogP contribution in [0.5, 0.6) is 0 Å². The van der Waals surface area contributed by atoms with Gasteiger partial charge in [-0.25, -0.2) is 0 Å². The van der Waals surface area contributed by atoms with Crippen molar-refractivity contribution in [3.05, 3.63) is 0 Å². The van der Waals surface area contributed by atoms with Crippen LogP contribution in [0.25, 0.3) is 0 Å². The number of amides is 1. The fourth-order valence-electron chi connectivity index (χ4n) is 2.86. The van der Waals surface area contributed by atoms with E-state index in [-0.39, 0.29) is 11.3 Å². The first-order chi connectivity index (χ1) is 8.75. The van der Waals surface area contributed by atoms with Crippen molar-refractivity contribution in [3.8, 4) is 0 Å².